The lowest BCUT2D eigenvalue weighted by Crippen LogP contribution is -2.29. The van der Waals surface area contributed by atoms with Gasteiger partial charge in [0, 0.05) is 30.3 Å². The molecule has 0 radical (unpaired) electrons. The Labute approximate surface area is 116 Å². The minimum atomic E-state index is -0.104. The van der Waals surface area contributed by atoms with Crippen molar-refractivity contribution in [3.05, 3.63) is 57.4 Å². The van der Waals surface area contributed by atoms with Gasteiger partial charge in [0.25, 0.3) is 0 Å². The summed E-state index contributed by atoms with van der Waals surface area (Å²) >= 11 is 0. The fourth-order valence-corrected chi connectivity index (χ4v) is 3.50. The molecule has 0 bridgehead atoms. The van der Waals surface area contributed by atoms with Gasteiger partial charge in [-0.25, -0.2) is 0 Å². The van der Waals surface area contributed by atoms with E-state index >= 15 is 0 Å². The van der Waals surface area contributed by atoms with Gasteiger partial charge in [0.1, 0.15) is 0 Å². The molecular formula is C17H15NO2. The summed E-state index contributed by atoms with van der Waals surface area (Å²) in [5.41, 5.74) is 4.70. The van der Waals surface area contributed by atoms with Gasteiger partial charge in [0.15, 0.2) is 11.2 Å². The summed E-state index contributed by atoms with van der Waals surface area (Å²) in [6, 6.07) is 9.88. The fraction of sp³-hybridized carbons (Fsp3) is 0.294. The number of fused-ring (bicyclic) bond motifs is 5. The first kappa shape index (κ1) is 11.6. The molecule has 0 saturated heterocycles. The molecule has 1 aliphatic carbocycles. The average molecular weight is 265 g/mol. The maximum atomic E-state index is 12.3. The van der Waals surface area contributed by atoms with Gasteiger partial charge in [0.2, 0.25) is 0 Å². The number of nitrogens with zero attached hydrogens (tertiary/aromatic N) is 1. The SMILES string of the molecule is O=C1CCCc2c1c(=O)cc1n2CCc2ccccc2-1. The van der Waals surface area contributed by atoms with Crippen molar-refractivity contribution in [3.8, 4) is 11.3 Å². The average Bonchev–Trinajstić information content (AvgIpc) is 2.47. The Kier molecular flexibility index (Phi) is 2.43. The molecule has 0 saturated carbocycles. The number of aromatic nitrogens is 1. The van der Waals surface area contributed by atoms with Gasteiger partial charge in [0.05, 0.1) is 11.3 Å². The Morgan fingerprint density at radius 3 is 2.75 bits per heavy atom. The quantitative estimate of drug-likeness (QED) is 0.734. The second-order valence-corrected chi connectivity index (χ2v) is 5.55. The molecule has 1 aromatic heterocycles. The van der Waals surface area contributed by atoms with E-state index in [0.29, 0.717) is 12.0 Å². The number of rotatable bonds is 0. The van der Waals surface area contributed by atoms with E-state index in [0.717, 1.165) is 42.8 Å². The van der Waals surface area contributed by atoms with Crippen molar-refractivity contribution in [2.24, 2.45) is 0 Å². The number of aryl methyl sites for hydroxylation is 1. The lowest BCUT2D eigenvalue weighted by molar-refractivity contribution is 0.0969. The van der Waals surface area contributed by atoms with Crippen LogP contribution in [-0.4, -0.2) is 10.4 Å². The number of pyridine rings is 1. The van der Waals surface area contributed by atoms with Crippen LogP contribution >= 0.6 is 0 Å². The zero-order valence-electron chi connectivity index (χ0n) is 11.2. The van der Waals surface area contributed by atoms with E-state index in [1.807, 2.05) is 12.1 Å². The molecule has 2 aliphatic rings. The van der Waals surface area contributed by atoms with Gasteiger partial charge in [-0.3, -0.25) is 9.59 Å². The highest BCUT2D eigenvalue weighted by atomic mass is 16.1. The maximum Gasteiger partial charge on any atom is 0.193 e. The molecule has 0 unspecified atom stereocenters. The van der Waals surface area contributed by atoms with Crippen molar-refractivity contribution >= 4 is 5.78 Å². The highest BCUT2D eigenvalue weighted by molar-refractivity contribution is 5.98. The molecule has 2 heterocycles. The number of hydrogen-bond acceptors (Lipinski definition) is 2. The van der Waals surface area contributed by atoms with Crippen molar-refractivity contribution in [1.82, 2.24) is 4.57 Å². The lowest BCUT2D eigenvalue weighted by Gasteiger charge is -2.28. The Hall–Kier alpha value is -2.16. The molecule has 4 rings (SSSR count). The van der Waals surface area contributed by atoms with Crippen LogP contribution in [0.25, 0.3) is 11.3 Å². The summed E-state index contributed by atoms with van der Waals surface area (Å²) in [6.45, 7) is 0.863. The number of benzene rings is 1. The Morgan fingerprint density at radius 1 is 1.00 bits per heavy atom. The van der Waals surface area contributed by atoms with E-state index in [4.69, 9.17) is 0 Å². The van der Waals surface area contributed by atoms with Crippen molar-refractivity contribution in [2.45, 2.75) is 32.2 Å². The molecule has 1 aromatic carbocycles. The minimum Gasteiger partial charge on any atom is -0.343 e. The van der Waals surface area contributed by atoms with Crippen molar-refractivity contribution in [3.63, 3.8) is 0 Å². The molecule has 0 N–H and O–H groups in total. The number of carbonyl (C=O) groups excluding carboxylic acids is 1. The van der Waals surface area contributed by atoms with E-state index in [9.17, 15) is 9.59 Å². The smallest absolute Gasteiger partial charge is 0.193 e. The topological polar surface area (TPSA) is 39.1 Å². The molecule has 3 heteroatoms. The molecule has 1 aliphatic heterocycles. The van der Waals surface area contributed by atoms with Crippen LogP contribution in [-0.2, 0) is 19.4 Å². The fourth-order valence-electron chi connectivity index (χ4n) is 3.50. The first-order valence-corrected chi connectivity index (χ1v) is 7.14. The number of Topliss-reactive ketones (excluding diaryl/α,β-unsaturated/α-hetero) is 1. The standard InChI is InChI=1S/C17H15NO2/c19-15-7-3-6-13-17(15)16(20)10-14-12-5-2-1-4-11(12)8-9-18(13)14/h1-2,4-5,10H,3,6-9H2. The molecule has 20 heavy (non-hydrogen) atoms. The van der Waals surface area contributed by atoms with Gasteiger partial charge in [-0.2, -0.15) is 0 Å². The summed E-state index contributed by atoms with van der Waals surface area (Å²) < 4.78 is 2.19. The molecule has 0 amide bonds. The Balaban J connectivity index is 2.05. The van der Waals surface area contributed by atoms with Crippen LogP contribution in [0.1, 0.15) is 34.5 Å². The van der Waals surface area contributed by atoms with Gasteiger partial charge in [-0.05, 0) is 24.8 Å². The molecular weight excluding hydrogens is 250 g/mol. The highest BCUT2D eigenvalue weighted by Gasteiger charge is 2.27. The van der Waals surface area contributed by atoms with Gasteiger partial charge >= 0.3 is 0 Å². The predicted molar refractivity (Wildman–Crippen MR) is 77.1 cm³/mol. The summed E-state index contributed by atoms with van der Waals surface area (Å²) in [6.07, 6.45) is 3.17. The number of carbonyl (C=O) groups is 1. The van der Waals surface area contributed by atoms with Crippen LogP contribution in [0.2, 0.25) is 0 Å². The maximum absolute atomic E-state index is 12.3. The second-order valence-electron chi connectivity index (χ2n) is 5.55. The van der Waals surface area contributed by atoms with Crippen LogP contribution < -0.4 is 5.43 Å². The third-order valence-corrected chi connectivity index (χ3v) is 4.41. The van der Waals surface area contributed by atoms with E-state index in [1.165, 1.54) is 5.56 Å². The zero-order valence-corrected chi connectivity index (χ0v) is 11.2. The van der Waals surface area contributed by atoms with E-state index in [-0.39, 0.29) is 11.2 Å². The molecule has 2 aromatic rings. The monoisotopic (exact) mass is 265 g/mol. The molecule has 100 valence electrons. The number of hydrogen-bond donors (Lipinski definition) is 0. The zero-order chi connectivity index (χ0) is 13.7. The van der Waals surface area contributed by atoms with Crippen LogP contribution in [0, 0.1) is 0 Å². The molecule has 0 fully saturated rings. The predicted octanol–water partition coefficient (Wildman–Crippen LogP) is 2.59. The normalized spacial score (nSPS) is 16.3. The van der Waals surface area contributed by atoms with Crippen molar-refractivity contribution < 1.29 is 4.79 Å². The largest absolute Gasteiger partial charge is 0.343 e. The van der Waals surface area contributed by atoms with Gasteiger partial charge in [-0.15, -0.1) is 0 Å². The Morgan fingerprint density at radius 2 is 1.85 bits per heavy atom. The summed E-state index contributed by atoms with van der Waals surface area (Å²) in [4.78, 5) is 24.3. The van der Waals surface area contributed by atoms with Crippen LogP contribution in [0.4, 0.5) is 0 Å². The Bertz CT molecular complexity index is 786. The lowest BCUT2D eigenvalue weighted by atomic mass is 9.90. The third-order valence-electron chi connectivity index (χ3n) is 4.41. The molecule has 0 atom stereocenters. The van der Waals surface area contributed by atoms with Crippen molar-refractivity contribution in [2.75, 3.05) is 0 Å². The second kappa shape index (κ2) is 4.17. The van der Waals surface area contributed by atoms with Crippen LogP contribution in [0.5, 0.6) is 0 Å². The first-order valence-electron chi connectivity index (χ1n) is 7.14. The van der Waals surface area contributed by atoms with E-state index in [2.05, 4.69) is 16.7 Å². The third kappa shape index (κ3) is 1.52. The number of ketones is 1. The molecule has 3 nitrogen and oxygen atoms in total. The summed E-state index contributed by atoms with van der Waals surface area (Å²) in [7, 11) is 0. The van der Waals surface area contributed by atoms with E-state index in [1.54, 1.807) is 6.07 Å². The van der Waals surface area contributed by atoms with Gasteiger partial charge in [-0.1, -0.05) is 24.3 Å². The summed E-state index contributed by atoms with van der Waals surface area (Å²) in [5.74, 6) is 0.0189. The van der Waals surface area contributed by atoms with Crippen LogP contribution in [0.15, 0.2) is 35.1 Å². The van der Waals surface area contributed by atoms with E-state index < -0.39 is 0 Å². The van der Waals surface area contributed by atoms with Crippen LogP contribution in [0.3, 0.4) is 0 Å². The summed E-state index contributed by atoms with van der Waals surface area (Å²) in [5, 5.41) is 0. The van der Waals surface area contributed by atoms with Gasteiger partial charge < -0.3 is 4.57 Å². The molecule has 0 spiro atoms. The first-order chi connectivity index (χ1) is 9.75. The minimum absolute atomic E-state index is 0.0189. The van der Waals surface area contributed by atoms with Crippen molar-refractivity contribution in [1.29, 1.82) is 0 Å². The highest BCUT2D eigenvalue weighted by Crippen LogP contribution is 2.31.